The Kier molecular flexibility index (Phi) is 5.29. The van der Waals surface area contributed by atoms with E-state index in [-0.39, 0.29) is 11.3 Å². The van der Waals surface area contributed by atoms with Crippen molar-refractivity contribution in [2.45, 2.75) is 30.6 Å². The van der Waals surface area contributed by atoms with E-state index < -0.39 is 9.84 Å². The second-order valence-corrected chi connectivity index (χ2v) is 7.81. The van der Waals surface area contributed by atoms with E-state index >= 15 is 0 Å². The summed E-state index contributed by atoms with van der Waals surface area (Å²) in [6.45, 7) is 1.08. The van der Waals surface area contributed by atoms with Crippen molar-refractivity contribution in [2.24, 2.45) is 0 Å². The molecule has 0 bridgehead atoms. The molecule has 0 saturated heterocycles. The average Bonchev–Trinajstić information content (AvgIpc) is 2.85. The van der Waals surface area contributed by atoms with Gasteiger partial charge in [-0.05, 0) is 25.0 Å². The van der Waals surface area contributed by atoms with E-state index in [1.807, 2.05) is 18.2 Å². The van der Waals surface area contributed by atoms with Gasteiger partial charge in [-0.2, -0.15) is 0 Å². The van der Waals surface area contributed by atoms with E-state index in [4.69, 9.17) is 16.3 Å². The second-order valence-electron chi connectivity index (χ2n) is 5.14. The van der Waals surface area contributed by atoms with Crippen molar-refractivity contribution in [3.63, 3.8) is 0 Å². The molecule has 1 aliphatic rings. The lowest BCUT2D eigenvalue weighted by atomic mass is 10.2. The molecule has 0 spiro atoms. The number of halogens is 1. The van der Waals surface area contributed by atoms with Crippen molar-refractivity contribution in [3.05, 3.63) is 29.3 Å². The Morgan fingerprint density at radius 3 is 2.80 bits per heavy atom. The molecule has 2 rings (SSSR count). The molecule has 1 fully saturated rings. The van der Waals surface area contributed by atoms with Crippen molar-refractivity contribution >= 4 is 21.4 Å². The summed E-state index contributed by atoms with van der Waals surface area (Å²) in [5.41, 5.74) is 0. The third-order valence-electron chi connectivity index (χ3n) is 3.61. The Balaban J connectivity index is 1.78. The van der Waals surface area contributed by atoms with E-state index in [0.717, 1.165) is 19.3 Å². The van der Waals surface area contributed by atoms with E-state index in [2.05, 4.69) is 5.32 Å². The second kappa shape index (κ2) is 6.78. The van der Waals surface area contributed by atoms with Gasteiger partial charge in [0.15, 0.2) is 9.84 Å². The van der Waals surface area contributed by atoms with Crippen molar-refractivity contribution < 1.29 is 13.2 Å². The molecule has 112 valence electrons. The maximum Gasteiger partial charge on any atom is 0.151 e. The molecule has 1 aliphatic carbocycles. The van der Waals surface area contributed by atoms with Gasteiger partial charge in [0.2, 0.25) is 0 Å². The predicted octanol–water partition coefficient (Wildman–Crippen LogP) is 2.27. The van der Waals surface area contributed by atoms with Gasteiger partial charge in [0.25, 0.3) is 0 Å². The van der Waals surface area contributed by atoms with Gasteiger partial charge < -0.3 is 10.1 Å². The third kappa shape index (κ3) is 4.11. The topological polar surface area (TPSA) is 55.4 Å². The van der Waals surface area contributed by atoms with Crippen molar-refractivity contribution in [3.8, 4) is 5.75 Å². The first-order chi connectivity index (χ1) is 9.48. The maximum absolute atomic E-state index is 11.7. The van der Waals surface area contributed by atoms with Crippen molar-refractivity contribution in [1.29, 1.82) is 0 Å². The van der Waals surface area contributed by atoms with Crippen LogP contribution >= 0.6 is 11.6 Å². The van der Waals surface area contributed by atoms with Gasteiger partial charge in [-0.25, -0.2) is 8.42 Å². The van der Waals surface area contributed by atoms with E-state index in [1.54, 1.807) is 6.07 Å². The van der Waals surface area contributed by atoms with Crippen LogP contribution in [0.5, 0.6) is 5.75 Å². The number of rotatable bonds is 6. The summed E-state index contributed by atoms with van der Waals surface area (Å²) in [6.07, 6.45) is 3.93. The summed E-state index contributed by atoms with van der Waals surface area (Å²) in [5.74, 6) is 0.655. The summed E-state index contributed by atoms with van der Waals surface area (Å²) in [7, 11) is -2.97. The minimum Gasteiger partial charge on any atom is -0.491 e. The Hall–Kier alpha value is -0.780. The first-order valence-electron chi connectivity index (χ1n) is 6.78. The highest BCUT2D eigenvalue weighted by Crippen LogP contribution is 2.25. The molecule has 2 atom stereocenters. The zero-order chi connectivity index (χ0) is 14.6. The first-order valence-corrected chi connectivity index (χ1v) is 9.11. The van der Waals surface area contributed by atoms with Gasteiger partial charge in [-0.3, -0.25) is 0 Å². The highest BCUT2D eigenvalue weighted by atomic mass is 35.5. The van der Waals surface area contributed by atoms with Gasteiger partial charge in [-0.1, -0.05) is 30.2 Å². The summed E-state index contributed by atoms with van der Waals surface area (Å²) in [5, 5.41) is 3.60. The van der Waals surface area contributed by atoms with Crippen LogP contribution in [0.15, 0.2) is 24.3 Å². The molecule has 0 unspecified atom stereocenters. The van der Waals surface area contributed by atoms with Crippen LogP contribution in [0.2, 0.25) is 5.02 Å². The van der Waals surface area contributed by atoms with E-state index in [0.29, 0.717) is 23.9 Å². The molecule has 0 aromatic heterocycles. The highest BCUT2D eigenvalue weighted by molar-refractivity contribution is 7.91. The van der Waals surface area contributed by atoms with Crippen LogP contribution in [0.3, 0.4) is 0 Å². The lowest BCUT2D eigenvalue weighted by molar-refractivity contribution is 0.305. The summed E-state index contributed by atoms with van der Waals surface area (Å²) >= 11 is 5.99. The largest absolute Gasteiger partial charge is 0.491 e. The van der Waals surface area contributed by atoms with Gasteiger partial charge in [-0.15, -0.1) is 0 Å². The van der Waals surface area contributed by atoms with E-state index in [9.17, 15) is 8.42 Å². The lowest BCUT2D eigenvalue weighted by Crippen LogP contribution is -2.41. The minimum absolute atomic E-state index is 0.0415. The smallest absolute Gasteiger partial charge is 0.151 e. The quantitative estimate of drug-likeness (QED) is 0.818. The number of para-hydroxylation sites is 1. The number of sulfone groups is 1. The van der Waals surface area contributed by atoms with Crippen LogP contribution in [0.25, 0.3) is 0 Å². The number of benzene rings is 1. The van der Waals surface area contributed by atoms with Gasteiger partial charge in [0.1, 0.15) is 12.4 Å². The monoisotopic (exact) mass is 317 g/mol. The Morgan fingerprint density at radius 1 is 1.35 bits per heavy atom. The third-order valence-corrected chi connectivity index (χ3v) is 5.58. The number of nitrogens with one attached hydrogen (secondary N) is 1. The fraction of sp³-hybridized carbons (Fsp3) is 0.571. The number of ether oxygens (including phenoxy) is 1. The van der Waals surface area contributed by atoms with Crippen LogP contribution in [-0.4, -0.2) is 39.1 Å². The molecule has 1 aromatic rings. The predicted molar refractivity (Wildman–Crippen MR) is 81.2 cm³/mol. The zero-order valence-corrected chi connectivity index (χ0v) is 13.1. The molecule has 1 saturated carbocycles. The molecule has 0 amide bonds. The summed E-state index contributed by atoms with van der Waals surface area (Å²) in [6, 6.07) is 7.35. The summed E-state index contributed by atoms with van der Waals surface area (Å²) < 4.78 is 28.9. The Morgan fingerprint density at radius 2 is 2.10 bits per heavy atom. The molecule has 0 radical (unpaired) electrons. The first kappa shape index (κ1) is 15.6. The SMILES string of the molecule is CS(=O)(=O)[C@@H]1CCC[C@@H]1NCCOc1ccccc1Cl. The fourth-order valence-corrected chi connectivity index (χ4v) is 4.25. The number of hydrogen-bond acceptors (Lipinski definition) is 4. The van der Waals surface area contributed by atoms with Gasteiger partial charge >= 0.3 is 0 Å². The molecule has 1 aromatic carbocycles. The average molecular weight is 318 g/mol. The molecule has 20 heavy (non-hydrogen) atoms. The lowest BCUT2D eigenvalue weighted by Gasteiger charge is -2.19. The van der Waals surface area contributed by atoms with Crippen molar-refractivity contribution in [2.75, 3.05) is 19.4 Å². The molecule has 0 heterocycles. The molecule has 0 aliphatic heterocycles. The maximum atomic E-state index is 11.7. The van der Waals surface area contributed by atoms with Crippen LogP contribution in [0, 0.1) is 0 Å². The van der Waals surface area contributed by atoms with Crippen LogP contribution in [0.4, 0.5) is 0 Å². The molecule has 4 nitrogen and oxygen atoms in total. The highest BCUT2D eigenvalue weighted by Gasteiger charge is 2.34. The molecular weight excluding hydrogens is 298 g/mol. The summed E-state index contributed by atoms with van der Waals surface area (Å²) in [4.78, 5) is 0. The Labute approximate surface area is 125 Å². The van der Waals surface area contributed by atoms with Crippen LogP contribution in [-0.2, 0) is 9.84 Å². The Bertz CT molecular complexity index is 547. The number of hydrogen-bond donors (Lipinski definition) is 1. The van der Waals surface area contributed by atoms with Crippen LogP contribution < -0.4 is 10.1 Å². The minimum atomic E-state index is -2.97. The molecule has 1 N–H and O–H groups in total. The van der Waals surface area contributed by atoms with E-state index in [1.165, 1.54) is 6.26 Å². The van der Waals surface area contributed by atoms with Gasteiger partial charge in [0, 0.05) is 18.8 Å². The molecule has 6 heteroatoms. The van der Waals surface area contributed by atoms with Crippen molar-refractivity contribution in [1.82, 2.24) is 5.32 Å². The zero-order valence-electron chi connectivity index (χ0n) is 11.5. The molecular formula is C14H20ClNO3S. The van der Waals surface area contributed by atoms with Gasteiger partial charge in [0.05, 0.1) is 10.3 Å². The fourth-order valence-electron chi connectivity index (χ4n) is 2.64. The normalized spacial score (nSPS) is 22.9. The standard InChI is InChI=1S/C14H20ClNO3S/c1-20(17,18)14-8-4-6-12(14)16-9-10-19-13-7-3-2-5-11(13)15/h2-3,5,7,12,14,16H,4,6,8-10H2,1H3/t12-,14+/m0/s1. The van der Waals surface area contributed by atoms with Crippen LogP contribution in [0.1, 0.15) is 19.3 Å².